The number of aliphatic carboxylic acids is 1. The van der Waals surface area contributed by atoms with Gasteiger partial charge in [-0.2, -0.15) is 0 Å². The lowest BCUT2D eigenvalue weighted by molar-refractivity contribution is -0.138. The Hall–Kier alpha value is -0.770. The Balaban J connectivity index is 2.99. The van der Waals surface area contributed by atoms with E-state index in [0.717, 1.165) is 13.0 Å². The van der Waals surface area contributed by atoms with Crippen LogP contribution < -0.4 is 0 Å². The number of ether oxygens (including phenoxy) is 6. The predicted molar refractivity (Wildman–Crippen MR) is 111 cm³/mol. The van der Waals surface area contributed by atoms with Gasteiger partial charge in [-0.25, -0.2) is 0 Å². The Morgan fingerprint density at radius 1 is 0.517 bits per heavy atom. The summed E-state index contributed by atoms with van der Waals surface area (Å²) in [5, 5.41) is 8.44. The van der Waals surface area contributed by atoms with Crippen LogP contribution in [0.25, 0.3) is 0 Å². The van der Waals surface area contributed by atoms with E-state index in [2.05, 4.69) is 6.92 Å². The number of carboxylic acids is 1. The van der Waals surface area contributed by atoms with Gasteiger partial charge in [0, 0.05) is 6.61 Å². The van der Waals surface area contributed by atoms with Crippen molar-refractivity contribution >= 4 is 5.97 Å². The molecule has 0 aliphatic heterocycles. The Labute approximate surface area is 176 Å². The normalized spacial score (nSPS) is 11.2. The molecule has 0 atom stereocenters. The second-order valence-corrected chi connectivity index (χ2v) is 6.59. The van der Waals surface area contributed by atoms with Crippen LogP contribution in [0.2, 0.25) is 0 Å². The first-order chi connectivity index (χ1) is 14.3. The van der Waals surface area contributed by atoms with Crippen LogP contribution in [0.1, 0.15) is 51.9 Å². The summed E-state index contributed by atoms with van der Waals surface area (Å²) in [6, 6.07) is 0. The molecule has 0 aliphatic carbocycles. The predicted octanol–water partition coefficient (Wildman–Crippen LogP) is 2.92. The molecule has 0 heterocycles. The van der Waals surface area contributed by atoms with E-state index in [1.165, 1.54) is 32.1 Å². The van der Waals surface area contributed by atoms with Crippen LogP contribution in [0, 0.1) is 0 Å². The van der Waals surface area contributed by atoms with E-state index in [1.54, 1.807) is 0 Å². The number of carboxylic acid groups (broad SMARTS) is 1. The number of hydrogen-bond acceptors (Lipinski definition) is 7. The zero-order valence-electron chi connectivity index (χ0n) is 18.2. The molecule has 0 spiro atoms. The van der Waals surface area contributed by atoms with E-state index in [1.807, 2.05) is 0 Å². The van der Waals surface area contributed by atoms with Gasteiger partial charge in [-0.15, -0.1) is 0 Å². The van der Waals surface area contributed by atoms with Crippen molar-refractivity contribution in [1.29, 1.82) is 0 Å². The van der Waals surface area contributed by atoms with Gasteiger partial charge in [0.05, 0.1) is 79.1 Å². The van der Waals surface area contributed by atoms with Crippen molar-refractivity contribution < 1.29 is 38.3 Å². The molecule has 0 saturated heterocycles. The van der Waals surface area contributed by atoms with Crippen LogP contribution in [0.5, 0.6) is 0 Å². The first-order valence-corrected chi connectivity index (χ1v) is 11.0. The monoisotopic (exact) mass is 422 g/mol. The molecular weight excluding hydrogens is 380 g/mol. The van der Waals surface area contributed by atoms with Crippen molar-refractivity contribution in [2.75, 3.05) is 79.3 Å². The highest BCUT2D eigenvalue weighted by atomic mass is 16.6. The zero-order valence-corrected chi connectivity index (χ0v) is 18.2. The number of hydrogen-bond donors (Lipinski definition) is 1. The van der Waals surface area contributed by atoms with Crippen LogP contribution in [-0.2, 0) is 33.2 Å². The van der Waals surface area contributed by atoms with Crippen LogP contribution in [0.4, 0.5) is 0 Å². The fourth-order valence-electron chi connectivity index (χ4n) is 2.35. The largest absolute Gasteiger partial charge is 0.481 e. The van der Waals surface area contributed by atoms with Crippen molar-refractivity contribution in [3.05, 3.63) is 0 Å². The molecule has 0 bridgehead atoms. The lowest BCUT2D eigenvalue weighted by Gasteiger charge is -2.08. The first kappa shape index (κ1) is 28.2. The Morgan fingerprint density at radius 3 is 1.28 bits per heavy atom. The maximum atomic E-state index is 10.3. The third-order valence-electron chi connectivity index (χ3n) is 3.96. The van der Waals surface area contributed by atoms with Crippen molar-refractivity contribution in [2.24, 2.45) is 0 Å². The summed E-state index contributed by atoms with van der Waals surface area (Å²) < 4.78 is 32.2. The summed E-state index contributed by atoms with van der Waals surface area (Å²) in [6.45, 7) is 8.44. The molecule has 0 aromatic heterocycles. The molecule has 1 N–H and O–H groups in total. The third kappa shape index (κ3) is 27.2. The zero-order chi connectivity index (χ0) is 21.3. The second-order valence-electron chi connectivity index (χ2n) is 6.59. The Kier molecular flexibility index (Phi) is 24.6. The van der Waals surface area contributed by atoms with Crippen molar-refractivity contribution in [1.82, 2.24) is 0 Å². The molecule has 0 rings (SSSR count). The Morgan fingerprint density at radius 2 is 0.862 bits per heavy atom. The van der Waals surface area contributed by atoms with Crippen molar-refractivity contribution in [3.63, 3.8) is 0 Å². The van der Waals surface area contributed by atoms with Gasteiger partial charge in [0.25, 0.3) is 0 Å². The van der Waals surface area contributed by atoms with Gasteiger partial charge in [0.1, 0.15) is 0 Å². The van der Waals surface area contributed by atoms with E-state index >= 15 is 0 Å². The summed E-state index contributed by atoms with van der Waals surface area (Å²) in [5.74, 6) is -0.860. The van der Waals surface area contributed by atoms with Gasteiger partial charge in [0.2, 0.25) is 0 Å². The molecule has 0 fully saturated rings. The van der Waals surface area contributed by atoms with Gasteiger partial charge in [-0.05, 0) is 6.42 Å². The summed E-state index contributed by atoms with van der Waals surface area (Å²) in [5.41, 5.74) is 0. The second kappa shape index (κ2) is 25.3. The lowest BCUT2D eigenvalue weighted by atomic mass is 10.1. The van der Waals surface area contributed by atoms with E-state index in [9.17, 15) is 4.79 Å². The standard InChI is InChI=1S/C21H42O8/c1-2-3-4-5-6-7-9-24-11-13-26-15-17-28-19-20-29-18-16-27-14-12-25-10-8-21(22)23/h2-20H2,1H3,(H,22,23). The van der Waals surface area contributed by atoms with Crippen molar-refractivity contribution in [2.45, 2.75) is 51.9 Å². The summed E-state index contributed by atoms with van der Waals surface area (Å²) in [6.07, 6.45) is 7.69. The van der Waals surface area contributed by atoms with Gasteiger partial charge >= 0.3 is 5.97 Å². The Bertz CT molecular complexity index is 328. The molecule has 0 aromatic rings. The highest BCUT2D eigenvalue weighted by molar-refractivity contribution is 5.66. The SMILES string of the molecule is CCCCCCCCOCCOCCOCCOCCOCCOCCC(=O)O. The maximum Gasteiger partial charge on any atom is 0.305 e. The fourth-order valence-corrected chi connectivity index (χ4v) is 2.35. The molecule has 0 unspecified atom stereocenters. The maximum absolute atomic E-state index is 10.3. The summed E-state index contributed by atoms with van der Waals surface area (Å²) in [7, 11) is 0. The molecule has 0 saturated carbocycles. The molecular formula is C21H42O8. The molecule has 0 aromatic carbocycles. The minimum atomic E-state index is -0.860. The number of carbonyl (C=O) groups is 1. The van der Waals surface area contributed by atoms with Gasteiger partial charge in [-0.3, -0.25) is 4.79 Å². The highest BCUT2D eigenvalue weighted by Gasteiger charge is 1.97. The molecule has 174 valence electrons. The molecule has 8 nitrogen and oxygen atoms in total. The average molecular weight is 423 g/mol. The lowest BCUT2D eigenvalue weighted by Crippen LogP contribution is -2.14. The van der Waals surface area contributed by atoms with E-state index in [0.29, 0.717) is 66.1 Å². The molecule has 29 heavy (non-hydrogen) atoms. The highest BCUT2D eigenvalue weighted by Crippen LogP contribution is 2.04. The number of unbranched alkanes of at least 4 members (excludes halogenated alkanes) is 5. The van der Waals surface area contributed by atoms with E-state index < -0.39 is 5.97 Å². The minimum absolute atomic E-state index is 0.0151. The van der Waals surface area contributed by atoms with Crippen molar-refractivity contribution in [3.8, 4) is 0 Å². The minimum Gasteiger partial charge on any atom is -0.481 e. The molecule has 0 radical (unpaired) electrons. The van der Waals surface area contributed by atoms with Gasteiger partial charge in [-0.1, -0.05) is 39.0 Å². The van der Waals surface area contributed by atoms with Crippen LogP contribution >= 0.6 is 0 Å². The van der Waals surface area contributed by atoms with Crippen LogP contribution in [-0.4, -0.2) is 90.4 Å². The topological polar surface area (TPSA) is 92.7 Å². The average Bonchev–Trinajstić information content (AvgIpc) is 2.71. The van der Waals surface area contributed by atoms with Crippen LogP contribution in [0.3, 0.4) is 0 Å². The first-order valence-electron chi connectivity index (χ1n) is 11.0. The fraction of sp³-hybridized carbons (Fsp3) is 0.952. The summed E-state index contributed by atoms with van der Waals surface area (Å²) in [4.78, 5) is 10.3. The van der Waals surface area contributed by atoms with Gasteiger partial charge in [0.15, 0.2) is 0 Å². The third-order valence-corrected chi connectivity index (χ3v) is 3.96. The molecule has 0 aliphatic rings. The van der Waals surface area contributed by atoms with E-state index in [-0.39, 0.29) is 13.0 Å². The number of rotatable bonds is 25. The quantitative estimate of drug-likeness (QED) is 0.225. The molecule has 0 amide bonds. The van der Waals surface area contributed by atoms with Gasteiger partial charge < -0.3 is 33.5 Å². The molecule has 8 heteroatoms. The summed E-state index contributed by atoms with van der Waals surface area (Å²) >= 11 is 0. The smallest absolute Gasteiger partial charge is 0.305 e. The van der Waals surface area contributed by atoms with Crippen LogP contribution in [0.15, 0.2) is 0 Å². The van der Waals surface area contributed by atoms with E-state index in [4.69, 9.17) is 33.5 Å².